The summed E-state index contributed by atoms with van der Waals surface area (Å²) in [7, 11) is 0. The van der Waals surface area contributed by atoms with Crippen molar-refractivity contribution in [2.24, 2.45) is 5.41 Å². The van der Waals surface area contributed by atoms with Gasteiger partial charge >= 0.3 is 0 Å². The summed E-state index contributed by atoms with van der Waals surface area (Å²) >= 11 is 0. The quantitative estimate of drug-likeness (QED) is 0.785. The van der Waals surface area contributed by atoms with Gasteiger partial charge in [0.1, 0.15) is 5.82 Å². The van der Waals surface area contributed by atoms with Crippen LogP contribution in [-0.4, -0.2) is 23.8 Å². The highest BCUT2D eigenvalue weighted by atomic mass is 19.1. The first-order chi connectivity index (χ1) is 7.99. The van der Waals surface area contributed by atoms with Gasteiger partial charge in [0.25, 0.3) is 0 Å². The average molecular weight is 235 g/mol. The molecule has 0 N–H and O–H groups in total. The highest BCUT2D eigenvalue weighted by Gasteiger charge is 2.33. The fourth-order valence-electron chi connectivity index (χ4n) is 2.08. The molecule has 3 heteroatoms. The summed E-state index contributed by atoms with van der Waals surface area (Å²) in [5.41, 5.74) is 0.450. The van der Waals surface area contributed by atoms with Crippen molar-refractivity contribution in [3.63, 3.8) is 0 Å². The molecule has 1 aliphatic heterocycles. The van der Waals surface area contributed by atoms with Crippen molar-refractivity contribution < 1.29 is 9.18 Å². The number of hydrogen-bond donors (Lipinski definition) is 0. The molecule has 0 spiro atoms. The summed E-state index contributed by atoms with van der Waals surface area (Å²) in [6, 6.07) is 6.75. The van der Waals surface area contributed by atoms with Crippen molar-refractivity contribution in [3.05, 3.63) is 35.6 Å². The largest absolute Gasteiger partial charge is 0.298 e. The van der Waals surface area contributed by atoms with Gasteiger partial charge in [-0.3, -0.25) is 9.69 Å². The van der Waals surface area contributed by atoms with Gasteiger partial charge in [-0.15, -0.1) is 0 Å². The Balaban J connectivity index is 2.03. The third-order valence-corrected chi connectivity index (χ3v) is 3.53. The maximum Gasteiger partial charge on any atom is 0.152 e. The van der Waals surface area contributed by atoms with E-state index in [4.69, 9.17) is 0 Å². The fraction of sp³-hybridized carbons (Fsp3) is 0.500. The fourth-order valence-corrected chi connectivity index (χ4v) is 2.08. The Morgan fingerprint density at radius 3 is 2.71 bits per heavy atom. The lowest BCUT2D eigenvalue weighted by Gasteiger charge is -2.35. The van der Waals surface area contributed by atoms with Crippen LogP contribution in [0.1, 0.15) is 25.8 Å². The van der Waals surface area contributed by atoms with Crippen LogP contribution in [0.15, 0.2) is 24.3 Å². The summed E-state index contributed by atoms with van der Waals surface area (Å²) in [4.78, 5) is 13.9. The number of piperidine rings is 1. The Bertz CT molecular complexity index is 428. The van der Waals surface area contributed by atoms with Crippen LogP contribution in [0, 0.1) is 11.2 Å². The summed E-state index contributed by atoms with van der Waals surface area (Å²) in [6.07, 6.45) is 0.848. The molecule has 17 heavy (non-hydrogen) atoms. The van der Waals surface area contributed by atoms with Crippen LogP contribution in [0.2, 0.25) is 0 Å². The van der Waals surface area contributed by atoms with E-state index in [1.165, 1.54) is 6.07 Å². The predicted octanol–water partition coefficient (Wildman–Crippen LogP) is 2.63. The molecule has 0 saturated carbocycles. The lowest BCUT2D eigenvalue weighted by atomic mass is 9.81. The first-order valence-electron chi connectivity index (χ1n) is 5.98. The molecule has 0 bridgehead atoms. The highest BCUT2D eigenvalue weighted by molar-refractivity contribution is 5.86. The van der Waals surface area contributed by atoms with Crippen molar-refractivity contribution in [3.8, 4) is 0 Å². The van der Waals surface area contributed by atoms with Gasteiger partial charge < -0.3 is 0 Å². The van der Waals surface area contributed by atoms with Crippen LogP contribution in [0.3, 0.4) is 0 Å². The number of nitrogens with zero attached hydrogens (tertiary/aromatic N) is 1. The molecular weight excluding hydrogens is 217 g/mol. The van der Waals surface area contributed by atoms with Gasteiger partial charge in [-0.05, 0) is 19.0 Å². The first-order valence-corrected chi connectivity index (χ1v) is 5.98. The number of likely N-dealkylation sites (tertiary alicyclic amines) is 1. The van der Waals surface area contributed by atoms with E-state index in [1.807, 2.05) is 24.8 Å². The van der Waals surface area contributed by atoms with Gasteiger partial charge in [0.05, 0.1) is 6.54 Å². The first kappa shape index (κ1) is 12.2. The van der Waals surface area contributed by atoms with Crippen molar-refractivity contribution >= 4 is 5.78 Å². The molecule has 0 aliphatic carbocycles. The normalized spacial score (nSPS) is 20.5. The second kappa shape index (κ2) is 4.57. The standard InChI is InChI=1S/C14H18FNO/c1-14(2)7-8-16(10-13(14)17)9-11-5-3-4-6-12(11)15/h3-6H,7-10H2,1-2H3. The molecule has 1 aromatic rings. The van der Waals surface area contributed by atoms with Crippen molar-refractivity contribution in [2.45, 2.75) is 26.8 Å². The van der Waals surface area contributed by atoms with Gasteiger partial charge in [-0.2, -0.15) is 0 Å². The van der Waals surface area contributed by atoms with Crippen LogP contribution < -0.4 is 0 Å². The number of Topliss-reactive ketones (excluding diaryl/α,β-unsaturated/α-hetero) is 1. The van der Waals surface area contributed by atoms with E-state index in [2.05, 4.69) is 0 Å². The molecule has 0 aromatic heterocycles. The molecule has 1 heterocycles. The van der Waals surface area contributed by atoms with E-state index >= 15 is 0 Å². The van der Waals surface area contributed by atoms with Crippen molar-refractivity contribution in [1.29, 1.82) is 0 Å². The Morgan fingerprint density at radius 2 is 2.06 bits per heavy atom. The number of rotatable bonds is 2. The summed E-state index contributed by atoms with van der Waals surface area (Å²) in [6.45, 7) is 5.77. The van der Waals surface area contributed by atoms with Gasteiger partial charge in [-0.25, -0.2) is 4.39 Å². The molecule has 1 fully saturated rings. The molecule has 2 nitrogen and oxygen atoms in total. The third-order valence-electron chi connectivity index (χ3n) is 3.53. The number of carbonyl (C=O) groups excluding carboxylic acids is 1. The van der Waals surface area contributed by atoms with E-state index < -0.39 is 0 Å². The molecule has 2 rings (SSSR count). The number of hydrogen-bond acceptors (Lipinski definition) is 2. The van der Waals surface area contributed by atoms with E-state index in [0.29, 0.717) is 18.7 Å². The van der Waals surface area contributed by atoms with Crippen LogP contribution in [0.25, 0.3) is 0 Å². The topological polar surface area (TPSA) is 20.3 Å². The van der Waals surface area contributed by atoms with Gasteiger partial charge in [0.15, 0.2) is 5.78 Å². The Kier molecular flexibility index (Phi) is 3.29. The lowest BCUT2D eigenvalue weighted by Crippen LogP contribution is -2.44. The molecule has 1 saturated heterocycles. The Labute approximate surface area is 101 Å². The minimum Gasteiger partial charge on any atom is -0.298 e. The molecular formula is C14H18FNO. The number of ketones is 1. The molecule has 0 amide bonds. The monoisotopic (exact) mass is 235 g/mol. The Hall–Kier alpha value is -1.22. The van der Waals surface area contributed by atoms with Gasteiger partial charge in [-0.1, -0.05) is 32.0 Å². The molecule has 0 unspecified atom stereocenters. The van der Waals surface area contributed by atoms with Crippen LogP contribution in [0.4, 0.5) is 4.39 Å². The molecule has 0 atom stereocenters. The second-order valence-electron chi connectivity index (χ2n) is 5.36. The average Bonchev–Trinajstić information content (AvgIpc) is 2.27. The van der Waals surface area contributed by atoms with E-state index in [1.54, 1.807) is 12.1 Å². The molecule has 1 aliphatic rings. The minimum absolute atomic E-state index is 0.190. The van der Waals surface area contributed by atoms with Gasteiger partial charge in [0.2, 0.25) is 0 Å². The third kappa shape index (κ3) is 2.72. The molecule has 1 aromatic carbocycles. The summed E-state index contributed by atoms with van der Waals surface area (Å²) in [5.74, 6) is 0.0601. The van der Waals surface area contributed by atoms with Crippen LogP contribution in [-0.2, 0) is 11.3 Å². The van der Waals surface area contributed by atoms with E-state index in [0.717, 1.165) is 13.0 Å². The zero-order valence-electron chi connectivity index (χ0n) is 10.4. The maximum atomic E-state index is 13.5. The molecule has 0 radical (unpaired) electrons. The van der Waals surface area contributed by atoms with E-state index in [9.17, 15) is 9.18 Å². The van der Waals surface area contributed by atoms with Gasteiger partial charge in [0, 0.05) is 17.5 Å². The number of benzene rings is 1. The van der Waals surface area contributed by atoms with Crippen LogP contribution >= 0.6 is 0 Å². The Morgan fingerprint density at radius 1 is 1.35 bits per heavy atom. The second-order valence-corrected chi connectivity index (χ2v) is 5.36. The minimum atomic E-state index is -0.217. The predicted molar refractivity (Wildman–Crippen MR) is 65.1 cm³/mol. The number of carbonyl (C=O) groups is 1. The highest BCUT2D eigenvalue weighted by Crippen LogP contribution is 2.27. The maximum absolute atomic E-state index is 13.5. The molecule has 92 valence electrons. The smallest absolute Gasteiger partial charge is 0.152 e. The zero-order chi connectivity index (χ0) is 12.5. The van der Waals surface area contributed by atoms with Crippen molar-refractivity contribution in [2.75, 3.05) is 13.1 Å². The van der Waals surface area contributed by atoms with Crippen molar-refractivity contribution in [1.82, 2.24) is 4.90 Å². The summed E-state index contributed by atoms with van der Waals surface area (Å²) < 4.78 is 13.5. The van der Waals surface area contributed by atoms with E-state index in [-0.39, 0.29) is 17.0 Å². The summed E-state index contributed by atoms with van der Waals surface area (Å²) in [5, 5.41) is 0. The lowest BCUT2D eigenvalue weighted by molar-refractivity contribution is -0.132. The van der Waals surface area contributed by atoms with Crippen LogP contribution in [0.5, 0.6) is 0 Å². The zero-order valence-corrected chi connectivity index (χ0v) is 10.4. The number of halogens is 1. The SMILES string of the molecule is CC1(C)CCN(Cc2ccccc2F)CC1=O.